The molecule has 2 aromatic heterocycles. The summed E-state index contributed by atoms with van der Waals surface area (Å²) in [6, 6.07) is 13.7. The molecular formula is C21H19N3O3S2. The molecule has 0 bridgehead atoms. The molecule has 6 nitrogen and oxygen atoms in total. The number of pyridine rings is 1. The van der Waals surface area contributed by atoms with Gasteiger partial charge in [0.1, 0.15) is 5.70 Å². The zero-order valence-corrected chi connectivity index (χ0v) is 17.6. The Morgan fingerprint density at radius 1 is 1.07 bits per heavy atom. The highest BCUT2D eigenvalue weighted by molar-refractivity contribution is 7.89. The first-order valence-corrected chi connectivity index (χ1v) is 11.2. The zero-order valence-electron chi connectivity index (χ0n) is 15.9. The summed E-state index contributed by atoms with van der Waals surface area (Å²) >= 11 is 1.49. The third-order valence-corrected chi connectivity index (χ3v) is 7.63. The third-order valence-electron chi connectivity index (χ3n) is 4.61. The van der Waals surface area contributed by atoms with Crippen molar-refractivity contribution in [2.75, 3.05) is 19.0 Å². The van der Waals surface area contributed by atoms with Gasteiger partial charge in [0.2, 0.25) is 5.78 Å². The summed E-state index contributed by atoms with van der Waals surface area (Å²) in [5.74, 6) is -0.302. The standard InChI is InChI=1S/C21H19N3O3S2/c1-23(2)20-8-7-16(28-20)13-18-21(25)17-5-3-4-6-19(17)29(26,27)24(18)14-15-9-11-22-12-10-15/h3-13H,14H2,1-2H3. The fourth-order valence-corrected chi connectivity index (χ4v) is 5.64. The summed E-state index contributed by atoms with van der Waals surface area (Å²) < 4.78 is 28.0. The highest BCUT2D eigenvalue weighted by atomic mass is 32.2. The lowest BCUT2D eigenvalue weighted by molar-refractivity contribution is 0.100. The van der Waals surface area contributed by atoms with Crippen molar-refractivity contribution in [2.45, 2.75) is 11.4 Å². The summed E-state index contributed by atoms with van der Waals surface area (Å²) in [6.45, 7) is 0.0582. The smallest absolute Gasteiger partial charge is 0.265 e. The summed E-state index contributed by atoms with van der Waals surface area (Å²) in [6.07, 6.45) is 4.87. The molecule has 0 fully saturated rings. The molecule has 0 saturated heterocycles. The normalized spacial score (nSPS) is 16.7. The van der Waals surface area contributed by atoms with Gasteiger partial charge in [0, 0.05) is 36.9 Å². The second-order valence-corrected chi connectivity index (χ2v) is 9.72. The molecule has 0 saturated carbocycles. The van der Waals surface area contributed by atoms with Gasteiger partial charge in [-0.05, 0) is 48.0 Å². The summed E-state index contributed by atoms with van der Waals surface area (Å²) in [5, 5.41) is 1.02. The van der Waals surface area contributed by atoms with Crippen molar-refractivity contribution in [3.8, 4) is 0 Å². The minimum Gasteiger partial charge on any atom is -0.370 e. The fraction of sp³-hybridized carbons (Fsp3) is 0.143. The van der Waals surface area contributed by atoms with E-state index in [9.17, 15) is 13.2 Å². The van der Waals surface area contributed by atoms with Gasteiger partial charge in [0.25, 0.3) is 10.0 Å². The van der Waals surface area contributed by atoms with Crippen LogP contribution in [0.3, 0.4) is 0 Å². The lowest BCUT2D eigenvalue weighted by Crippen LogP contribution is -2.38. The lowest BCUT2D eigenvalue weighted by atomic mass is 10.1. The van der Waals surface area contributed by atoms with E-state index in [4.69, 9.17) is 0 Å². The van der Waals surface area contributed by atoms with Gasteiger partial charge >= 0.3 is 0 Å². The number of benzene rings is 1. The van der Waals surface area contributed by atoms with Gasteiger partial charge in [-0.3, -0.25) is 14.1 Å². The van der Waals surface area contributed by atoms with Crippen LogP contribution in [0.2, 0.25) is 0 Å². The molecule has 0 N–H and O–H groups in total. The largest absolute Gasteiger partial charge is 0.370 e. The first-order chi connectivity index (χ1) is 13.9. The predicted molar refractivity (Wildman–Crippen MR) is 114 cm³/mol. The van der Waals surface area contributed by atoms with Crippen LogP contribution in [0.25, 0.3) is 6.08 Å². The number of hydrogen-bond acceptors (Lipinski definition) is 6. The Labute approximate surface area is 173 Å². The summed E-state index contributed by atoms with van der Waals surface area (Å²) in [7, 11) is -0.00378. The van der Waals surface area contributed by atoms with Crippen LogP contribution in [0, 0.1) is 0 Å². The van der Waals surface area contributed by atoms with Crippen molar-refractivity contribution in [1.29, 1.82) is 0 Å². The molecule has 0 unspecified atom stereocenters. The molecule has 0 spiro atoms. The number of carbonyl (C=O) groups is 1. The van der Waals surface area contributed by atoms with Gasteiger partial charge in [-0.1, -0.05) is 12.1 Å². The quantitative estimate of drug-likeness (QED) is 0.597. The number of sulfonamides is 1. The molecule has 1 aliphatic heterocycles. The van der Waals surface area contributed by atoms with E-state index >= 15 is 0 Å². The molecule has 0 atom stereocenters. The van der Waals surface area contributed by atoms with Gasteiger partial charge in [-0.15, -0.1) is 11.3 Å². The molecule has 4 rings (SSSR count). The molecule has 1 aromatic carbocycles. The maximum atomic E-state index is 13.4. The highest BCUT2D eigenvalue weighted by Crippen LogP contribution is 2.35. The monoisotopic (exact) mass is 425 g/mol. The zero-order chi connectivity index (χ0) is 20.6. The van der Waals surface area contributed by atoms with Crippen LogP contribution >= 0.6 is 11.3 Å². The van der Waals surface area contributed by atoms with E-state index in [-0.39, 0.29) is 28.5 Å². The predicted octanol–water partition coefficient (Wildman–Crippen LogP) is 3.64. The van der Waals surface area contributed by atoms with Crippen molar-refractivity contribution in [1.82, 2.24) is 9.29 Å². The number of Topliss-reactive ketones (excluding diaryl/α,β-unsaturated/α-hetero) is 1. The van der Waals surface area contributed by atoms with Crippen molar-refractivity contribution < 1.29 is 13.2 Å². The summed E-state index contributed by atoms with van der Waals surface area (Å²) in [5.41, 5.74) is 1.10. The minimum atomic E-state index is -3.87. The number of carbonyl (C=O) groups excluding carboxylic acids is 1. The number of rotatable bonds is 4. The molecular weight excluding hydrogens is 406 g/mol. The molecule has 3 aromatic rings. The van der Waals surface area contributed by atoms with Crippen LogP contribution in [0.4, 0.5) is 5.00 Å². The van der Waals surface area contributed by atoms with E-state index in [1.807, 2.05) is 31.1 Å². The molecule has 148 valence electrons. The van der Waals surface area contributed by atoms with Crippen LogP contribution in [0.5, 0.6) is 0 Å². The van der Waals surface area contributed by atoms with Crippen LogP contribution in [-0.4, -0.2) is 37.6 Å². The van der Waals surface area contributed by atoms with Crippen molar-refractivity contribution >= 4 is 38.2 Å². The Morgan fingerprint density at radius 2 is 1.79 bits per heavy atom. The minimum absolute atomic E-state index is 0.0383. The molecule has 1 aliphatic rings. The Balaban J connectivity index is 1.87. The second-order valence-electron chi connectivity index (χ2n) is 6.79. The number of ketones is 1. The van der Waals surface area contributed by atoms with Crippen LogP contribution in [0.1, 0.15) is 20.8 Å². The molecule has 0 aliphatic carbocycles. The maximum Gasteiger partial charge on any atom is 0.265 e. The Hall–Kier alpha value is -2.97. The molecule has 3 heterocycles. The van der Waals surface area contributed by atoms with Crippen molar-refractivity contribution in [2.24, 2.45) is 0 Å². The van der Waals surface area contributed by atoms with Crippen molar-refractivity contribution in [3.05, 3.63) is 82.6 Å². The molecule has 29 heavy (non-hydrogen) atoms. The van der Waals surface area contributed by atoms with Gasteiger partial charge < -0.3 is 4.90 Å². The summed E-state index contributed by atoms with van der Waals surface area (Å²) in [4.78, 5) is 20.1. The van der Waals surface area contributed by atoms with Gasteiger partial charge in [-0.25, -0.2) is 8.42 Å². The number of nitrogens with zero attached hydrogens (tertiary/aromatic N) is 3. The Kier molecular flexibility index (Phi) is 4.97. The Morgan fingerprint density at radius 3 is 2.48 bits per heavy atom. The van der Waals surface area contributed by atoms with E-state index < -0.39 is 10.0 Å². The lowest BCUT2D eigenvalue weighted by Gasteiger charge is -2.31. The van der Waals surface area contributed by atoms with Crippen LogP contribution in [0.15, 0.2) is 71.5 Å². The number of allylic oxidation sites excluding steroid dienone is 1. The van der Waals surface area contributed by atoms with Crippen LogP contribution in [-0.2, 0) is 16.6 Å². The number of thiophene rings is 1. The average molecular weight is 426 g/mol. The van der Waals surface area contributed by atoms with Crippen LogP contribution < -0.4 is 4.90 Å². The number of hydrogen-bond donors (Lipinski definition) is 0. The topological polar surface area (TPSA) is 70.6 Å². The maximum absolute atomic E-state index is 13.4. The fourth-order valence-electron chi connectivity index (χ4n) is 3.14. The number of fused-ring (bicyclic) bond motifs is 1. The molecule has 8 heteroatoms. The van der Waals surface area contributed by atoms with Gasteiger partial charge in [0.05, 0.1) is 16.4 Å². The number of aromatic nitrogens is 1. The van der Waals surface area contributed by atoms with Gasteiger partial charge in [-0.2, -0.15) is 0 Å². The van der Waals surface area contributed by atoms with E-state index in [0.717, 1.165) is 15.4 Å². The van der Waals surface area contributed by atoms with E-state index in [1.165, 1.54) is 21.7 Å². The van der Waals surface area contributed by atoms with E-state index in [1.54, 1.807) is 48.8 Å². The molecule has 0 amide bonds. The Bertz CT molecular complexity index is 1200. The number of anilines is 1. The first kappa shape index (κ1) is 19.4. The molecule has 0 radical (unpaired) electrons. The van der Waals surface area contributed by atoms with Crippen molar-refractivity contribution in [3.63, 3.8) is 0 Å². The van der Waals surface area contributed by atoms with Gasteiger partial charge in [0.15, 0.2) is 0 Å². The first-order valence-electron chi connectivity index (χ1n) is 8.92. The average Bonchev–Trinajstić information content (AvgIpc) is 3.19. The van der Waals surface area contributed by atoms with E-state index in [0.29, 0.717) is 0 Å². The van der Waals surface area contributed by atoms with E-state index in [2.05, 4.69) is 4.98 Å². The third kappa shape index (κ3) is 3.56. The highest BCUT2D eigenvalue weighted by Gasteiger charge is 2.39. The SMILES string of the molecule is CN(C)c1ccc(C=C2C(=O)c3ccccc3S(=O)(=O)N2Cc2ccncc2)s1. The second kappa shape index (κ2) is 7.46.